The highest BCUT2D eigenvalue weighted by molar-refractivity contribution is 5.90. The zero-order chi connectivity index (χ0) is 20.6. The van der Waals surface area contributed by atoms with Crippen LogP contribution in [0.15, 0.2) is 48.5 Å². The highest BCUT2D eigenvalue weighted by Crippen LogP contribution is 2.17. The van der Waals surface area contributed by atoms with E-state index in [2.05, 4.69) is 10.2 Å². The van der Waals surface area contributed by atoms with Crippen LogP contribution in [0.2, 0.25) is 0 Å². The lowest BCUT2D eigenvalue weighted by atomic mass is 10.2. The number of nitrogens with zero attached hydrogens (tertiary/aromatic N) is 2. The number of carbonyl (C=O) groups is 2. The van der Waals surface area contributed by atoms with E-state index in [-0.39, 0.29) is 24.2 Å². The third-order valence-corrected chi connectivity index (χ3v) is 4.83. The summed E-state index contributed by atoms with van der Waals surface area (Å²) in [4.78, 5) is 28.2. The van der Waals surface area contributed by atoms with Crippen molar-refractivity contribution in [2.75, 3.05) is 49.5 Å². The summed E-state index contributed by atoms with van der Waals surface area (Å²) in [5.41, 5.74) is 2.23. The van der Waals surface area contributed by atoms with Crippen LogP contribution in [0.4, 0.5) is 15.8 Å². The van der Waals surface area contributed by atoms with Crippen LogP contribution in [0.3, 0.4) is 0 Å². The van der Waals surface area contributed by atoms with Crippen LogP contribution in [0.5, 0.6) is 0 Å². The fourth-order valence-corrected chi connectivity index (χ4v) is 3.16. The fraction of sp³-hybridized carbons (Fsp3) is 0.364. The Hall–Kier alpha value is -3.09. The summed E-state index contributed by atoms with van der Waals surface area (Å²) >= 11 is 0. The summed E-state index contributed by atoms with van der Waals surface area (Å²) in [6.45, 7) is 5.22. The van der Waals surface area contributed by atoms with Crippen molar-refractivity contribution in [3.63, 3.8) is 0 Å². The van der Waals surface area contributed by atoms with Crippen LogP contribution >= 0.6 is 0 Å². The maximum atomic E-state index is 13.1. The highest BCUT2D eigenvalue weighted by atomic mass is 19.1. The molecule has 1 N–H and O–H groups in total. The second-order valence-electron chi connectivity index (χ2n) is 6.91. The minimum atomic E-state index is -0.339. The Morgan fingerprint density at radius 2 is 1.66 bits per heavy atom. The van der Waals surface area contributed by atoms with Crippen molar-refractivity contribution in [2.24, 2.45) is 0 Å². The molecular formula is C22H26FN3O3. The third kappa shape index (κ3) is 5.70. The SMILES string of the molecule is CCCOC(=O)c1ccc(NCC(=O)N2CCN(c3ccc(F)cc3)CC2)cc1. The topological polar surface area (TPSA) is 61.9 Å². The van der Waals surface area contributed by atoms with E-state index in [1.165, 1.54) is 12.1 Å². The first-order chi connectivity index (χ1) is 14.1. The van der Waals surface area contributed by atoms with Gasteiger partial charge in [0.2, 0.25) is 5.91 Å². The molecule has 2 aromatic carbocycles. The number of halogens is 1. The normalized spacial score (nSPS) is 13.9. The van der Waals surface area contributed by atoms with E-state index in [1.54, 1.807) is 36.4 Å². The van der Waals surface area contributed by atoms with Crippen LogP contribution in [0, 0.1) is 5.82 Å². The molecular weight excluding hydrogens is 373 g/mol. The van der Waals surface area contributed by atoms with Crippen molar-refractivity contribution in [1.82, 2.24) is 4.90 Å². The van der Waals surface area contributed by atoms with Crippen molar-refractivity contribution in [3.8, 4) is 0 Å². The number of amides is 1. The van der Waals surface area contributed by atoms with E-state index in [0.29, 0.717) is 38.3 Å². The number of nitrogens with one attached hydrogen (secondary N) is 1. The number of piperazine rings is 1. The van der Waals surface area contributed by atoms with Gasteiger partial charge in [-0.3, -0.25) is 4.79 Å². The minimum absolute atomic E-state index is 0.0233. The van der Waals surface area contributed by atoms with Crippen LogP contribution < -0.4 is 10.2 Å². The van der Waals surface area contributed by atoms with E-state index in [4.69, 9.17) is 4.74 Å². The predicted octanol–water partition coefficient (Wildman–Crippen LogP) is 3.15. The Bertz CT molecular complexity index is 816. The van der Waals surface area contributed by atoms with Crippen LogP contribution in [0.1, 0.15) is 23.7 Å². The third-order valence-electron chi connectivity index (χ3n) is 4.83. The van der Waals surface area contributed by atoms with E-state index in [9.17, 15) is 14.0 Å². The van der Waals surface area contributed by atoms with Gasteiger partial charge in [-0.25, -0.2) is 9.18 Å². The number of rotatable bonds is 7. The van der Waals surface area contributed by atoms with Crippen molar-refractivity contribution in [2.45, 2.75) is 13.3 Å². The first-order valence-corrected chi connectivity index (χ1v) is 9.86. The van der Waals surface area contributed by atoms with Gasteiger partial charge < -0.3 is 19.9 Å². The smallest absolute Gasteiger partial charge is 0.338 e. The summed E-state index contributed by atoms with van der Waals surface area (Å²) in [6, 6.07) is 13.3. The maximum absolute atomic E-state index is 13.1. The Balaban J connectivity index is 1.44. The summed E-state index contributed by atoms with van der Waals surface area (Å²) in [5.74, 6) is -0.566. The molecule has 1 saturated heterocycles. The zero-order valence-electron chi connectivity index (χ0n) is 16.6. The number of hydrogen-bond donors (Lipinski definition) is 1. The fourth-order valence-electron chi connectivity index (χ4n) is 3.16. The largest absolute Gasteiger partial charge is 0.462 e. The average molecular weight is 399 g/mol. The van der Waals surface area contributed by atoms with Crippen molar-refractivity contribution in [3.05, 3.63) is 59.9 Å². The van der Waals surface area contributed by atoms with E-state index in [0.717, 1.165) is 17.8 Å². The molecule has 0 saturated carbocycles. The molecule has 1 heterocycles. The molecule has 1 aliphatic heterocycles. The van der Waals surface area contributed by atoms with Crippen LogP contribution in [-0.4, -0.2) is 56.1 Å². The molecule has 1 aliphatic rings. The molecule has 2 aromatic rings. The van der Waals surface area contributed by atoms with Crippen molar-refractivity contribution in [1.29, 1.82) is 0 Å². The van der Waals surface area contributed by atoms with Gasteiger partial charge in [-0.1, -0.05) is 6.92 Å². The molecule has 0 atom stereocenters. The number of esters is 1. The van der Waals surface area contributed by atoms with Crippen molar-refractivity contribution >= 4 is 23.3 Å². The molecule has 0 bridgehead atoms. The number of carbonyl (C=O) groups excluding carboxylic acids is 2. The van der Waals surface area contributed by atoms with Crippen molar-refractivity contribution < 1.29 is 18.7 Å². The monoisotopic (exact) mass is 399 g/mol. The average Bonchev–Trinajstić information content (AvgIpc) is 2.77. The van der Waals surface area contributed by atoms with Crippen LogP contribution in [0.25, 0.3) is 0 Å². The Morgan fingerprint density at radius 1 is 1.00 bits per heavy atom. The second-order valence-corrected chi connectivity index (χ2v) is 6.91. The second kappa shape index (κ2) is 9.91. The maximum Gasteiger partial charge on any atom is 0.338 e. The summed E-state index contributed by atoms with van der Waals surface area (Å²) < 4.78 is 18.2. The molecule has 0 spiro atoms. The molecule has 1 fully saturated rings. The van der Waals surface area contributed by atoms with Crippen LogP contribution in [-0.2, 0) is 9.53 Å². The molecule has 7 heteroatoms. The number of hydrogen-bond acceptors (Lipinski definition) is 5. The first-order valence-electron chi connectivity index (χ1n) is 9.86. The quantitative estimate of drug-likeness (QED) is 0.725. The number of ether oxygens (including phenoxy) is 1. The van der Waals surface area contributed by atoms with E-state index >= 15 is 0 Å². The van der Waals surface area contributed by atoms with Gasteiger partial charge >= 0.3 is 5.97 Å². The number of benzene rings is 2. The minimum Gasteiger partial charge on any atom is -0.462 e. The Morgan fingerprint density at radius 3 is 2.28 bits per heavy atom. The van der Waals surface area contributed by atoms with Gasteiger partial charge in [-0.05, 0) is 55.0 Å². The molecule has 154 valence electrons. The molecule has 1 amide bonds. The van der Waals surface area contributed by atoms with Gasteiger partial charge in [0.25, 0.3) is 0 Å². The van der Waals surface area contributed by atoms with E-state index < -0.39 is 0 Å². The summed E-state index contributed by atoms with van der Waals surface area (Å²) in [6.07, 6.45) is 0.783. The lowest BCUT2D eigenvalue weighted by Gasteiger charge is -2.36. The summed E-state index contributed by atoms with van der Waals surface area (Å²) in [7, 11) is 0. The van der Waals surface area contributed by atoms with Gasteiger partial charge in [0.1, 0.15) is 5.82 Å². The predicted molar refractivity (Wildman–Crippen MR) is 111 cm³/mol. The highest BCUT2D eigenvalue weighted by Gasteiger charge is 2.21. The Kier molecular flexibility index (Phi) is 7.05. The Labute approximate surface area is 170 Å². The van der Waals surface area contributed by atoms with Gasteiger partial charge in [0, 0.05) is 37.6 Å². The molecule has 0 aromatic heterocycles. The number of anilines is 2. The standard InChI is InChI=1S/C22H26FN3O3/c1-2-15-29-22(28)17-3-7-19(8-4-17)24-16-21(27)26-13-11-25(12-14-26)20-9-5-18(23)6-10-20/h3-10,24H,2,11-16H2,1H3. The van der Waals surface area contributed by atoms with E-state index in [1.807, 2.05) is 11.8 Å². The first kappa shape index (κ1) is 20.6. The molecule has 6 nitrogen and oxygen atoms in total. The lowest BCUT2D eigenvalue weighted by Crippen LogP contribution is -2.50. The molecule has 0 radical (unpaired) electrons. The summed E-state index contributed by atoms with van der Waals surface area (Å²) in [5, 5.41) is 3.10. The molecule has 3 rings (SSSR count). The molecule has 0 unspecified atom stereocenters. The van der Waals surface area contributed by atoms with Gasteiger partial charge in [-0.2, -0.15) is 0 Å². The lowest BCUT2D eigenvalue weighted by molar-refractivity contribution is -0.129. The molecule has 29 heavy (non-hydrogen) atoms. The van der Waals surface area contributed by atoms with Gasteiger partial charge in [0.15, 0.2) is 0 Å². The van der Waals surface area contributed by atoms with Gasteiger partial charge in [0.05, 0.1) is 18.7 Å². The molecule has 0 aliphatic carbocycles. The zero-order valence-corrected chi connectivity index (χ0v) is 16.6. The van der Waals surface area contributed by atoms with Gasteiger partial charge in [-0.15, -0.1) is 0 Å².